The molecule has 0 aliphatic carbocycles. The van der Waals surface area contributed by atoms with E-state index in [-0.39, 0.29) is 23.6 Å². The van der Waals surface area contributed by atoms with Crippen LogP contribution in [0.5, 0.6) is 0 Å². The summed E-state index contributed by atoms with van der Waals surface area (Å²) in [6.07, 6.45) is -4.72. The Hall–Kier alpha value is -1.84. The SMILES string of the molecule is CC(C)(C)OC(=O)NC1CCN(C(=O)c2c(Br)ccc(C(F)(F)F)c2F)CC1. The topological polar surface area (TPSA) is 58.6 Å². The van der Waals surface area contributed by atoms with Crippen molar-refractivity contribution in [3.05, 3.63) is 33.5 Å². The van der Waals surface area contributed by atoms with Crippen molar-refractivity contribution in [2.45, 2.75) is 51.4 Å². The van der Waals surface area contributed by atoms with Gasteiger partial charge < -0.3 is 15.0 Å². The molecule has 2 rings (SSSR count). The molecule has 1 aromatic carbocycles. The van der Waals surface area contributed by atoms with Crippen molar-refractivity contribution in [3.63, 3.8) is 0 Å². The van der Waals surface area contributed by atoms with Crippen LogP contribution in [0.15, 0.2) is 16.6 Å². The second-order valence-electron chi connectivity index (χ2n) is 7.49. The summed E-state index contributed by atoms with van der Waals surface area (Å²) in [5.74, 6) is -2.42. The van der Waals surface area contributed by atoms with Gasteiger partial charge in [-0.1, -0.05) is 0 Å². The van der Waals surface area contributed by atoms with Crippen LogP contribution in [-0.4, -0.2) is 41.6 Å². The maximum atomic E-state index is 14.4. The molecule has 1 saturated heterocycles. The monoisotopic (exact) mass is 468 g/mol. The van der Waals surface area contributed by atoms with Crippen LogP contribution in [0, 0.1) is 5.82 Å². The van der Waals surface area contributed by atoms with Gasteiger partial charge in [0.05, 0.1) is 11.1 Å². The van der Waals surface area contributed by atoms with Crippen molar-refractivity contribution in [2.24, 2.45) is 0 Å². The number of benzene rings is 1. The summed E-state index contributed by atoms with van der Waals surface area (Å²) in [5.41, 5.74) is -2.78. The fraction of sp³-hybridized carbons (Fsp3) is 0.556. The maximum absolute atomic E-state index is 14.4. The molecule has 5 nitrogen and oxygen atoms in total. The molecular weight excluding hydrogens is 448 g/mol. The third-order valence-electron chi connectivity index (χ3n) is 4.11. The van der Waals surface area contributed by atoms with Gasteiger partial charge in [0.2, 0.25) is 0 Å². The van der Waals surface area contributed by atoms with Crippen molar-refractivity contribution in [2.75, 3.05) is 13.1 Å². The third-order valence-corrected chi connectivity index (χ3v) is 4.77. The minimum atomic E-state index is -4.90. The van der Waals surface area contributed by atoms with Crippen LogP contribution in [0.4, 0.5) is 22.4 Å². The number of hydrogen-bond donors (Lipinski definition) is 1. The highest BCUT2D eigenvalue weighted by Gasteiger charge is 2.38. The first kappa shape index (κ1) is 22.4. The average molecular weight is 469 g/mol. The normalized spacial score (nSPS) is 16.1. The summed E-state index contributed by atoms with van der Waals surface area (Å²) in [5, 5.41) is 2.70. The van der Waals surface area contributed by atoms with Gasteiger partial charge in [-0.05, 0) is 61.7 Å². The van der Waals surface area contributed by atoms with Gasteiger partial charge in [-0.3, -0.25) is 4.79 Å². The molecule has 0 saturated carbocycles. The van der Waals surface area contributed by atoms with E-state index in [1.807, 2.05) is 0 Å². The van der Waals surface area contributed by atoms with Gasteiger partial charge in [-0.2, -0.15) is 13.2 Å². The Morgan fingerprint density at radius 3 is 2.25 bits per heavy atom. The van der Waals surface area contributed by atoms with Crippen molar-refractivity contribution < 1.29 is 31.9 Å². The highest BCUT2D eigenvalue weighted by atomic mass is 79.9. The molecule has 1 N–H and O–H groups in total. The molecule has 0 aromatic heterocycles. The van der Waals surface area contributed by atoms with Crippen LogP contribution < -0.4 is 5.32 Å². The number of rotatable bonds is 2. The molecule has 1 heterocycles. The van der Waals surface area contributed by atoms with E-state index in [0.717, 1.165) is 6.07 Å². The van der Waals surface area contributed by atoms with Gasteiger partial charge in [0.1, 0.15) is 11.4 Å². The van der Waals surface area contributed by atoms with Gasteiger partial charge >= 0.3 is 12.3 Å². The summed E-state index contributed by atoms with van der Waals surface area (Å²) in [4.78, 5) is 25.7. The zero-order valence-electron chi connectivity index (χ0n) is 15.6. The van der Waals surface area contributed by atoms with Gasteiger partial charge in [0.15, 0.2) is 0 Å². The van der Waals surface area contributed by atoms with E-state index in [2.05, 4.69) is 21.2 Å². The number of likely N-dealkylation sites (tertiary alicyclic amines) is 1. The van der Waals surface area contributed by atoms with Gasteiger partial charge in [0, 0.05) is 23.6 Å². The number of amides is 2. The van der Waals surface area contributed by atoms with E-state index in [1.54, 1.807) is 20.8 Å². The lowest BCUT2D eigenvalue weighted by Gasteiger charge is -2.33. The fourth-order valence-corrected chi connectivity index (χ4v) is 3.30. The standard InChI is InChI=1S/C18H21BrF4N2O3/c1-17(2,3)28-16(27)24-10-6-8-25(9-7-10)15(26)13-12(19)5-4-11(14(13)20)18(21,22)23/h4-5,10H,6-9H2,1-3H3,(H,24,27). The predicted octanol–water partition coefficient (Wildman–Crippen LogP) is 4.74. The predicted molar refractivity (Wildman–Crippen MR) is 97.4 cm³/mol. The number of alkyl carbamates (subject to hydrolysis) is 1. The summed E-state index contributed by atoms with van der Waals surface area (Å²) in [6.45, 7) is 5.53. The number of alkyl halides is 3. The van der Waals surface area contributed by atoms with E-state index >= 15 is 0 Å². The van der Waals surface area contributed by atoms with E-state index < -0.39 is 40.7 Å². The Labute approximate surface area is 168 Å². The van der Waals surface area contributed by atoms with Gasteiger partial charge in [0.25, 0.3) is 5.91 Å². The Balaban J connectivity index is 2.06. The Morgan fingerprint density at radius 2 is 1.75 bits per heavy atom. The largest absolute Gasteiger partial charge is 0.444 e. The lowest BCUT2D eigenvalue weighted by atomic mass is 10.0. The Kier molecular flexibility index (Phi) is 6.62. The lowest BCUT2D eigenvalue weighted by molar-refractivity contribution is -0.140. The van der Waals surface area contributed by atoms with Crippen LogP contribution in [0.2, 0.25) is 0 Å². The highest BCUT2D eigenvalue weighted by molar-refractivity contribution is 9.10. The minimum absolute atomic E-state index is 0.0444. The van der Waals surface area contributed by atoms with Crippen molar-refractivity contribution >= 4 is 27.9 Å². The number of ether oxygens (including phenoxy) is 1. The van der Waals surface area contributed by atoms with Crippen molar-refractivity contribution in [3.8, 4) is 0 Å². The molecule has 0 atom stereocenters. The molecule has 1 fully saturated rings. The molecule has 0 bridgehead atoms. The zero-order chi connectivity index (χ0) is 21.3. The number of carbonyl (C=O) groups excluding carboxylic acids is 2. The minimum Gasteiger partial charge on any atom is -0.444 e. The highest BCUT2D eigenvalue weighted by Crippen LogP contribution is 2.35. The van der Waals surface area contributed by atoms with E-state index in [9.17, 15) is 27.2 Å². The second kappa shape index (κ2) is 8.26. The lowest BCUT2D eigenvalue weighted by Crippen LogP contribution is -2.47. The Bertz CT molecular complexity index is 754. The molecule has 156 valence electrons. The van der Waals surface area contributed by atoms with Crippen LogP contribution in [-0.2, 0) is 10.9 Å². The van der Waals surface area contributed by atoms with Crippen LogP contribution in [0.25, 0.3) is 0 Å². The molecule has 0 radical (unpaired) electrons. The van der Waals surface area contributed by atoms with E-state index in [1.165, 1.54) is 4.90 Å². The first-order chi connectivity index (χ1) is 12.8. The summed E-state index contributed by atoms with van der Waals surface area (Å²) in [6, 6.07) is 1.36. The molecule has 0 spiro atoms. The molecule has 1 aromatic rings. The van der Waals surface area contributed by atoms with Crippen LogP contribution >= 0.6 is 15.9 Å². The second-order valence-corrected chi connectivity index (χ2v) is 8.35. The molecular formula is C18H21BrF4N2O3. The number of nitrogens with zero attached hydrogens (tertiary/aromatic N) is 1. The maximum Gasteiger partial charge on any atom is 0.419 e. The fourth-order valence-electron chi connectivity index (χ4n) is 2.83. The van der Waals surface area contributed by atoms with Crippen molar-refractivity contribution in [1.82, 2.24) is 10.2 Å². The van der Waals surface area contributed by atoms with Crippen LogP contribution in [0.3, 0.4) is 0 Å². The number of nitrogens with one attached hydrogen (secondary N) is 1. The molecule has 2 amide bonds. The number of halogens is 5. The molecule has 0 unspecified atom stereocenters. The number of piperidine rings is 1. The van der Waals surface area contributed by atoms with E-state index in [4.69, 9.17) is 4.74 Å². The summed E-state index contributed by atoms with van der Waals surface area (Å²) < 4.78 is 58.3. The Morgan fingerprint density at radius 1 is 1.18 bits per heavy atom. The number of hydrogen-bond acceptors (Lipinski definition) is 3. The smallest absolute Gasteiger partial charge is 0.419 e. The molecule has 10 heteroatoms. The quantitative estimate of drug-likeness (QED) is 0.637. The van der Waals surface area contributed by atoms with Crippen molar-refractivity contribution in [1.29, 1.82) is 0 Å². The van der Waals surface area contributed by atoms with Crippen LogP contribution in [0.1, 0.15) is 49.5 Å². The van der Waals surface area contributed by atoms with Gasteiger partial charge in [-0.15, -0.1) is 0 Å². The third kappa shape index (κ3) is 5.59. The average Bonchev–Trinajstić information content (AvgIpc) is 2.52. The summed E-state index contributed by atoms with van der Waals surface area (Å²) in [7, 11) is 0. The number of carbonyl (C=O) groups is 2. The molecule has 28 heavy (non-hydrogen) atoms. The first-order valence-corrected chi connectivity index (χ1v) is 9.43. The molecule has 1 aliphatic rings. The summed E-state index contributed by atoms with van der Waals surface area (Å²) >= 11 is 2.96. The zero-order valence-corrected chi connectivity index (χ0v) is 17.2. The van der Waals surface area contributed by atoms with E-state index in [0.29, 0.717) is 18.9 Å². The molecule has 1 aliphatic heterocycles. The first-order valence-electron chi connectivity index (χ1n) is 8.63. The van der Waals surface area contributed by atoms with Gasteiger partial charge in [-0.25, -0.2) is 9.18 Å².